The molecule has 144 heavy (non-hydrogen) atoms. The van der Waals surface area contributed by atoms with Crippen LogP contribution in [0.15, 0.2) is 529 Å². The van der Waals surface area contributed by atoms with E-state index in [1.54, 1.807) is 0 Å². The first-order chi connectivity index (χ1) is 71.4. The van der Waals surface area contributed by atoms with Gasteiger partial charge in [0.05, 0.1) is 44.4 Å². The Morgan fingerprint density at radius 3 is 0.875 bits per heavy atom. The van der Waals surface area contributed by atoms with Crippen molar-refractivity contribution in [1.82, 2.24) is 0 Å². The third kappa shape index (κ3) is 10.9. The third-order valence-corrected chi connectivity index (χ3v) is 38.3. The van der Waals surface area contributed by atoms with Crippen LogP contribution < -0.4 is 9.80 Å². The molecule has 6 heterocycles. The van der Waals surface area contributed by atoms with Crippen LogP contribution in [0.4, 0.5) is 34.1 Å². The fourth-order valence-corrected chi connectivity index (χ4v) is 33.0. The topological polar surface area (TPSA) is 19.6 Å². The standard InChI is InChI=1S/C136H80N2OS5/c1-6-36-96-90(30-1)129-108(133(96)100-40-10-18-57-119(100)141-120-58-19-11-41-101(120)133)47-26-51-112(129)137(113-52-27-48-109-130(113)91-31-2-7-37-97(91)134(109)102-42-12-20-59-121(102)142-122-60-21-13-43-103(122)134)86-71-64-81(65-72-86)84-68-75-89-95-78-83(70-77-118(95)140-126(89)79-84)85-69-76-107-127(80-85)144-125-63-24-16-46-106(125)136(107)99-39-9-4-33-93(99)132-111(136)50-29-54-115(132)138(87-73-66-82(67-74-87)88-35-25-56-117-128(88)94-34-5-17-55-116(94)139-117)114-53-28-49-110-131(114)92-32-3-8-38-98(92)135(110)104-44-14-22-61-123(104)143-124-62-23-15-45-105(124)135/h1-80H. The Hall–Kier alpha value is -16.1. The molecule has 4 aliphatic heterocycles. The monoisotopic (exact) mass is 1920 g/mol. The van der Waals surface area contributed by atoms with E-state index in [9.17, 15) is 0 Å². The van der Waals surface area contributed by atoms with E-state index in [0.717, 1.165) is 72.8 Å². The molecule has 3 nitrogen and oxygen atoms in total. The average molecular weight is 1920 g/mol. The molecule has 0 bridgehead atoms. The van der Waals surface area contributed by atoms with Crippen LogP contribution in [0.2, 0.25) is 0 Å². The van der Waals surface area contributed by atoms with Crippen LogP contribution in [0.25, 0.3) is 120 Å². The molecular formula is C136H80N2OS5. The fourth-order valence-electron chi connectivity index (χ4n) is 27.1. The van der Waals surface area contributed by atoms with E-state index in [2.05, 4.69) is 495 Å². The minimum Gasteiger partial charge on any atom is -0.456 e. The summed E-state index contributed by atoms with van der Waals surface area (Å²) in [6.45, 7) is 0. The predicted octanol–water partition coefficient (Wildman–Crippen LogP) is 37.2. The first-order valence-electron chi connectivity index (χ1n) is 49.5. The number of thiophene rings is 1. The maximum atomic E-state index is 6.55. The second-order valence-electron chi connectivity index (χ2n) is 39.1. The molecule has 0 saturated heterocycles. The van der Waals surface area contributed by atoms with Crippen LogP contribution in [0.5, 0.6) is 0 Å². The van der Waals surface area contributed by atoms with Gasteiger partial charge in [-0.05, 0) is 272 Å². The molecule has 4 aliphatic carbocycles. The van der Waals surface area contributed by atoms with Crippen LogP contribution in [0.3, 0.4) is 0 Å². The van der Waals surface area contributed by atoms with E-state index in [0.29, 0.717) is 0 Å². The summed E-state index contributed by atoms with van der Waals surface area (Å²) in [5.74, 6) is 0. The van der Waals surface area contributed by atoms with Crippen LogP contribution in [0, 0.1) is 0 Å². The molecule has 0 radical (unpaired) electrons. The van der Waals surface area contributed by atoms with E-state index in [-0.39, 0.29) is 0 Å². The van der Waals surface area contributed by atoms with Crippen LogP contribution in [0.1, 0.15) is 89.0 Å². The van der Waals surface area contributed by atoms with Crippen LogP contribution in [-0.4, -0.2) is 0 Å². The summed E-state index contributed by atoms with van der Waals surface area (Å²) in [6, 6.07) is 186. The summed E-state index contributed by atoms with van der Waals surface area (Å²) in [5.41, 5.74) is 43.7. The van der Waals surface area contributed by atoms with E-state index >= 15 is 0 Å². The number of rotatable bonds is 9. The third-order valence-electron chi connectivity index (χ3n) is 32.6. The Balaban J connectivity index is 0.526. The SMILES string of the molecule is c1ccc2c(c1)Sc1ccccc1C21c2ccccc2-c2c(N(c3ccc(-c4ccc5c(c4)sc4ccc(-c6ccc7c(c6)Sc6ccccc6C76c7ccccc7-c7c(N(c8ccc(-c9cccc%10oc%11ccccc%11c9%10)cc8)c8cccc9c8-c8ccccc8C98c9ccccc9Sc9ccccc98)cccc76)cc45)cc3)c3cccc4c3-c3ccccc3C43c4ccccc4Sc4ccccc43)cccc21. The lowest BCUT2D eigenvalue weighted by atomic mass is 9.67. The quantitative estimate of drug-likeness (QED) is 0.142. The highest BCUT2D eigenvalue weighted by molar-refractivity contribution is 8.00. The zero-order chi connectivity index (χ0) is 94.0. The van der Waals surface area contributed by atoms with Gasteiger partial charge in [-0.15, -0.1) is 11.3 Å². The Morgan fingerprint density at radius 1 is 0.174 bits per heavy atom. The van der Waals surface area contributed by atoms with Crippen LogP contribution in [-0.2, 0) is 21.7 Å². The summed E-state index contributed by atoms with van der Waals surface area (Å²) in [5, 5.41) is 4.75. The average Bonchev–Trinajstić information content (AvgIpc) is 1.51. The van der Waals surface area contributed by atoms with Crippen molar-refractivity contribution in [3.05, 3.63) is 574 Å². The number of para-hydroxylation sites is 1. The number of nitrogens with zero attached hydrogens (tertiary/aromatic N) is 2. The van der Waals surface area contributed by atoms with Crippen molar-refractivity contribution in [1.29, 1.82) is 0 Å². The number of hydrogen-bond acceptors (Lipinski definition) is 8. The molecule has 1 unspecified atom stereocenters. The smallest absolute Gasteiger partial charge is 0.136 e. The van der Waals surface area contributed by atoms with Gasteiger partial charge in [0.1, 0.15) is 11.2 Å². The predicted molar refractivity (Wildman–Crippen MR) is 598 cm³/mol. The second kappa shape index (κ2) is 30.7. The van der Waals surface area contributed by atoms with Crippen molar-refractivity contribution in [3.63, 3.8) is 0 Å². The molecule has 0 N–H and O–H groups in total. The number of fused-ring (bicyclic) bond motifs is 42. The number of anilines is 6. The summed E-state index contributed by atoms with van der Waals surface area (Å²) < 4.78 is 9.07. The minimum atomic E-state index is -0.699. The Kier molecular flexibility index (Phi) is 17.4. The number of furan rings is 1. The van der Waals surface area contributed by atoms with Crippen molar-refractivity contribution >= 4 is 135 Å². The first-order valence-corrected chi connectivity index (χ1v) is 53.6. The summed E-state index contributed by atoms with van der Waals surface area (Å²) in [6.07, 6.45) is 0. The first kappa shape index (κ1) is 81.5. The summed E-state index contributed by atoms with van der Waals surface area (Å²) in [4.78, 5) is 15.5. The molecule has 0 amide bonds. The molecule has 4 spiro atoms. The molecule has 32 rings (SSSR count). The zero-order valence-corrected chi connectivity index (χ0v) is 81.6. The van der Waals surface area contributed by atoms with E-state index in [4.69, 9.17) is 4.42 Å². The number of benzene rings is 22. The van der Waals surface area contributed by atoms with Gasteiger partial charge in [-0.2, -0.15) is 0 Å². The molecule has 22 aromatic carbocycles. The van der Waals surface area contributed by atoms with Gasteiger partial charge in [0.15, 0.2) is 0 Å². The van der Waals surface area contributed by atoms with Gasteiger partial charge in [-0.3, -0.25) is 0 Å². The molecule has 0 fully saturated rings. The second-order valence-corrected chi connectivity index (χ2v) is 44.6. The molecule has 8 aliphatic rings. The van der Waals surface area contributed by atoms with Crippen molar-refractivity contribution < 1.29 is 4.42 Å². The molecule has 0 saturated carbocycles. The normalized spacial score (nSPS) is 15.3. The van der Waals surface area contributed by atoms with Gasteiger partial charge >= 0.3 is 0 Å². The van der Waals surface area contributed by atoms with Gasteiger partial charge in [-0.25, -0.2) is 0 Å². The molecule has 1 atom stereocenters. The van der Waals surface area contributed by atoms with Gasteiger partial charge in [-0.1, -0.05) is 405 Å². The lowest BCUT2D eigenvalue weighted by molar-refractivity contribution is 0.669. The Morgan fingerprint density at radius 2 is 0.465 bits per heavy atom. The largest absolute Gasteiger partial charge is 0.456 e. The highest BCUT2D eigenvalue weighted by Crippen LogP contribution is 2.72. The van der Waals surface area contributed by atoms with Crippen molar-refractivity contribution in [3.8, 4) is 77.9 Å². The minimum absolute atomic E-state index is 0.574. The molecular weight excluding hydrogens is 1840 g/mol. The molecule has 2 aromatic heterocycles. The Bertz CT molecular complexity index is 9410. The Labute approximate surface area is 854 Å². The van der Waals surface area contributed by atoms with Gasteiger partial charge < -0.3 is 14.2 Å². The number of hydrogen-bond donors (Lipinski definition) is 0. The summed E-state index contributed by atoms with van der Waals surface area (Å²) in [7, 11) is 0. The fraction of sp³-hybridized carbons (Fsp3) is 0.0294. The van der Waals surface area contributed by atoms with Crippen molar-refractivity contribution in [2.45, 2.75) is 60.8 Å². The van der Waals surface area contributed by atoms with Gasteiger partial charge in [0, 0.05) is 104 Å². The van der Waals surface area contributed by atoms with Crippen LogP contribution >= 0.6 is 58.4 Å². The van der Waals surface area contributed by atoms with E-state index < -0.39 is 21.7 Å². The maximum Gasteiger partial charge on any atom is 0.136 e. The van der Waals surface area contributed by atoms with Gasteiger partial charge in [0.25, 0.3) is 0 Å². The van der Waals surface area contributed by atoms with E-state index in [1.165, 1.54) is 210 Å². The highest BCUT2D eigenvalue weighted by Gasteiger charge is 2.57. The van der Waals surface area contributed by atoms with E-state index in [1.807, 2.05) is 58.4 Å². The van der Waals surface area contributed by atoms with Crippen molar-refractivity contribution in [2.75, 3.05) is 9.80 Å². The zero-order valence-electron chi connectivity index (χ0n) is 77.5. The molecule has 8 heteroatoms. The highest BCUT2D eigenvalue weighted by atomic mass is 32.2. The lowest BCUT2D eigenvalue weighted by Gasteiger charge is -2.40. The maximum absolute atomic E-state index is 6.55. The van der Waals surface area contributed by atoms with Crippen molar-refractivity contribution in [2.24, 2.45) is 0 Å². The molecule has 670 valence electrons. The molecule has 24 aromatic rings. The lowest BCUT2D eigenvalue weighted by Crippen LogP contribution is -2.32. The summed E-state index contributed by atoms with van der Waals surface area (Å²) >= 11 is 9.47. The van der Waals surface area contributed by atoms with Gasteiger partial charge in [0.2, 0.25) is 0 Å².